The number of carbonyl (C=O) groups is 1. The van der Waals surface area contributed by atoms with Crippen molar-refractivity contribution < 1.29 is 4.79 Å². The number of hydrogen-bond donors (Lipinski definition) is 1. The molecule has 3 rings (SSSR count). The monoisotopic (exact) mass is 383 g/mol. The summed E-state index contributed by atoms with van der Waals surface area (Å²) in [4.78, 5) is 20.2. The van der Waals surface area contributed by atoms with Gasteiger partial charge in [-0.2, -0.15) is 0 Å². The second-order valence-corrected chi connectivity index (χ2v) is 7.85. The van der Waals surface area contributed by atoms with E-state index in [0.717, 1.165) is 34.1 Å². The Morgan fingerprint density at radius 1 is 1.15 bits per heavy atom. The van der Waals surface area contributed by atoms with E-state index in [0.29, 0.717) is 5.56 Å². The number of rotatable bonds is 7. The highest BCUT2D eigenvalue weighted by Gasteiger charge is 2.14. The average Bonchev–Trinajstić information content (AvgIpc) is 3.15. The minimum atomic E-state index is -0.0856. The van der Waals surface area contributed by atoms with E-state index >= 15 is 0 Å². The first-order chi connectivity index (χ1) is 12.6. The molecule has 3 aromatic rings. The quantitative estimate of drug-likeness (QED) is 0.598. The molecule has 0 aliphatic carbocycles. The number of aromatic nitrogens is 1. The van der Waals surface area contributed by atoms with Crippen LogP contribution in [0.25, 0.3) is 0 Å². The van der Waals surface area contributed by atoms with Crippen LogP contribution < -0.4 is 5.32 Å². The molecule has 134 valence electrons. The molecule has 2 aromatic carbocycles. The van der Waals surface area contributed by atoms with Crippen molar-refractivity contribution in [1.29, 1.82) is 0 Å². The van der Waals surface area contributed by atoms with Crippen LogP contribution in [0.2, 0.25) is 0 Å². The molecule has 0 radical (unpaired) electrons. The average molecular weight is 384 g/mol. The van der Waals surface area contributed by atoms with Crippen LogP contribution in [0.1, 0.15) is 21.6 Å². The van der Waals surface area contributed by atoms with Crippen molar-refractivity contribution in [3.8, 4) is 0 Å². The lowest BCUT2D eigenvalue weighted by atomic mass is 10.1. The third kappa shape index (κ3) is 4.94. The first-order valence-corrected chi connectivity index (χ1v) is 10.2. The van der Waals surface area contributed by atoms with E-state index in [9.17, 15) is 4.79 Å². The lowest BCUT2D eigenvalue weighted by Crippen LogP contribution is -2.17. The first kappa shape index (κ1) is 18.6. The molecule has 0 unspecified atom stereocenters. The number of para-hydroxylation sites is 1. The second-order valence-electron chi connectivity index (χ2n) is 6.11. The molecular weight excluding hydrogens is 362 g/mol. The van der Waals surface area contributed by atoms with Crippen molar-refractivity contribution in [3.63, 3.8) is 0 Å². The van der Waals surface area contributed by atoms with Crippen LogP contribution in [0, 0.1) is 0 Å². The smallest absolute Gasteiger partial charge is 0.256 e. The minimum Gasteiger partial charge on any atom is -0.322 e. The zero-order chi connectivity index (χ0) is 18.4. The van der Waals surface area contributed by atoms with Crippen molar-refractivity contribution in [1.82, 2.24) is 9.88 Å². The number of carbonyl (C=O) groups excluding carboxylic acids is 1. The summed E-state index contributed by atoms with van der Waals surface area (Å²) in [7, 11) is 4.03. The van der Waals surface area contributed by atoms with Crippen LogP contribution in [0.3, 0.4) is 0 Å². The van der Waals surface area contributed by atoms with Crippen LogP contribution in [0.4, 0.5) is 5.69 Å². The summed E-state index contributed by atoms with van der Waals surface area (Å²) in [6, 6.07) is 15.6. The van der Waals surface area contributed by atoms with Gasteiger partial charge in [0.2, 0.25) is 0 Å². The molecule has 0 saturated heterocycles. The lowest BCUT2D eigenvalue weighted by Gasteiger charge is -2.15. The molecule has 1 aromatic heterocycles. The maximum atomic E-state index is 12.9. The molecule has 26 heavy (non-hydrogen) atoms. The Labute approximate surface area is 162 Å². The van der Waals surface area contributed by atoms with E-state index in [4.69, 9.17) is 0 Å². The number of amides is 1. The predicted octanol–water partition coefficient (Wildman–Crippen LogP) is 4.75. The van der Waals surface area contributed by atoms with Crippen molar-refractivity contribution in [3.05, 3.63) is 76.2 Å². The molecule has 0 spiro atoms. The number of benzene rings is 2. The fourth-order valence-corrected chi connectivity index (χ4v) is 4.17. The highest BCUT2D eigenvalue weighted by Crippen LogP contribution is 2.27. The molecule has 4 nitrogen and oxygen atoms in total. The van der Waals surface area contributed by atoms with Crippen molar-refractivity contribution in [2.75, 3.05) is 19.4 Å². The Hall–Kier alpha value is -2.15. The van der Waals surface area contributed by atoms with Crippen LogP contribution >= 0.6 is 23.1 Å². The second kappa shape index (κ2) is 8.98. The van der Waals surface area contributed by atoms with Crippen molar-refractivity contribution >= 4 is 34.7 Å². The SMILES string of the molecule is CN(C)Cc1ccccc1NC(=O)c1ccccc1SCc1cscn1. The van der Waals surface area contributed by atoms with Gasteiger partial charge in [0.25, 0.3) is 5.91 Å². The van der Waals surface area contributed by atoms with Gasteiger partial charge in [0.15, 0.2) is 0 Å². The third-order valence-corrected chi connectivity index (χ3v) is 5.49. The Balaban J connectivity index is 1.76. The van der Waals surface area contributed by atoms with Gasteiger partial charge in [-0.25, -0.2) is 4.98 Å². The van der Waals surface area contributed by atoms with Gasteiger partial charge in [0.1, 0.15) is 0 Å². The Bertz CT molecular complexity index is 863. The maximum Gasteiger partial charge on any atom is 0.256 e. The molecule has 0 bridgehead atoms. The van der Waals surface area contributed by atoms with E-state index in [2.05, 4.69) is 15.2 Å². The summed E-state index contributed by atoms with van der Waals surface area (Å²) in [5, 5.41) is 5.11. The Kier molecular flexibility index (Phi) is 6.44. The van der Waals surface area contributed by atoms with Gasteiger partial charge >= 0.3 is 0 Å². The van der Waals surface area contributed by atoms with E-state index < -0.39 is 0 Å². The summed E-state index contributed by atoms with van der Waals surface area (Å²) in [6.45, 7) is 0.774. The van der Waals surface area contributed by atoms with Crippen molar-refractivity contribution in [2.24, 2.45) is 0 Å². The number of thioether (sulfide) groups is 1. The normalized spacial score (nSPS) is 10.9. The zero-order valence-corrected chi connectivity index (χ0v) is 16.4. The van der Waals surface area contributed by atoms with Crippen LogP contribution in [0.15, 0.2) is 64.3 Å². The molecule has 0 saturated carbocycles. The van der Waals surface area contributed by atoms with Crippen LogP contribution in [0.5, 0.6) is 0 Å². The topological polar surface area (TPSA) is 45.2 Å². The molecular formula is C20H21N3OS2. The largest absolute Gasteiger partial charge is 0.322 e. The summed E-state index contributed by atoms with van der Waals surface area (Å²) < 4.78 is 0. The fourth-order valence-electron chi connectivity index (χ4n) is 2.55. The number of nitrogens with one attached hydrogen (secondary N) is 1. The standard InChI is InChI=1S/C20H21N3OS2/c1-23(2)11-15-7-3-5-9-18(15)22-20(24)17-8-4-6-10-19(17)26-13-16-12-25-14-21-16/h3-10,12,14H,11,13H2,1-2H3,(H,22,24). The van der Waals surface area contributed by atoms with Crippen LogP contribution in [-0.4, -0.2) is 29.9 Å². The van der Waals surface area contributed by atoms with Crippen LogP contribution in [-0.2, 0) is 12.3 Å². The lowest BCUT2D eigenvalue weighted by molar-refractivity contribution is 0.102. The van der Waals surface area contributed by atoms with Gasteiger partial charge in [0, 0.05) is 28.3 Å². The maximum absolute atomic E-state index is 12.9. The van der Waals surface area contributed by atoms with Gasteiger partial charge in [0.05, 0.1) is 16.8 Å². The molecule has 0 atom stereocenters. The minimum absolute atomic E-state index is 0.0856. The molecule has 0 aliphatic rings. The molecule has 6 heteroatoms. The first-order valence-electron chi connectivity index (χ1n) is 8.26. The summed E-state index contributed by atoms with van der Waals surface area (Å²) in [5.74, 6) is 0.669. The van der Waals surface area contributed by atoms with E-state index in [-0.39, 0.29) is 5.91 Å². The van der Waals surface area contributed by atoms with Gasteiger partial charge < -0.3 is 10.2 Å². The van der Waals surface area contributed by atoms with Gasteiger partial charge in [-0.1, -0.05) is 30.3 Å². The number of anilines is 1. The van der Waals surface area contributed by atoms with Gasteiger partial charge in [-0.05, 0) is 37.9 Å². The number of nitrogens with zero attached hydrogens (tertiary/aromatic N) is 2. The zero-order valence-electron chi connectivity index (χ0n) is 14.8. The highest BCUT2D eigenvalue weighted by atomic mass is 32.2. The third-order valence-electron chi connectivity index (χ3n) is 3.74. The Morgan fingerprint density at radius 2 is 1.92 bits per heavy atom. The molecule has 1 heterocycles. The predicted molar refractivity (Wildman–Crippen MR) is 110 cm³/mol. The van der Waals surface area contributed by atoms with E-state index in [1.54, 1.807) is 23.1 Å². The number of thiazole rings is 1. The van der Waals surface area contributed by atoms with E-state index in [1.807, 2.05) is 73.5 Å². The van der Waals surface area contributed by atoms with Crippen molar-refractivity contribution in [2.45, 2.75) is 17.2 Å². The summed E-state index contributed by atoms with van der Waals surface area (Å²) >= 11 is 3.22. The van der Waals surface area contributed by atoms with E-state index in [1.165, 1.54) is 0 Å². The Morgan fingerprint density at radius 3 is 2.69 bits per heavy atom. The fraction of sp³-hybridized carbons (Fsp3) is 0.200. The molecule has 1 N–H and O–H groups in total. The number of hydrogen-bond acceptors (Lipinski definition) is 5. The van der Waals surface area contributed by atoms with Gasteiger partial charge in [-0.3, -0.25) is 4.79 Å². The highest BCUT2D eigenvalue weighted by molar-refractivity contribution is 7.98. The summed E-state index contributed by atoms with van der Waals surface area (Å²) in [6.07, 6.45) is 0. The molecule has 0 aliphatic heterocycles. The molecule has 0 fully saturated rings. The summed E-state index contributed by atoms with van der Waals surface area (Å²) in [5.41, 5.74) is 5.50. The molecule has 1 amide bonds. The van der Waals surface area contributed by atoms with Gasteiger partial charge in [-0.15, -0.1) is 23.1 Å².